The number of nitrogens with zero attached hydrogens (tertiary/aromatic N) is 1. The van der Waals surface area contributed by atoms with Crippen LogP contribution < -0.4 is 5.32 Å². The van der Waals surface area contributed by atoms with Crippen molar-refractivity contribution in [1.82, 2.24) is 4.98 Å². The summed E-state index contributed by atoms with van der Waals surface area (Å²) in [6.07, 6.45) is 2.37. The molecular weight excluding hydrogens is 359 g/mol. The summed E-state index contributed by atoms with van der Waals surface area (Å²) in [6.45, 7) is 0. The van der Waals surface area contributed by atoms with Gasteiger partial charge in [-0.1, -0.05) is 41.4 Å². The maximum absolute atomic E-state index is 12.0. The first-order valence-electron chi connectivity index (χ1n) is 6.36. The molecule has 2 aromatic heterocycles. The average Bonchev–Trinajstić information content (AvgIpc) is 3.15. The zero-order chi connectivity index (χ0) is 15.5. The molecule has 112 valence electrons. The number of carbonyl (C=O) groups is 1. The number of aromatic nitrogens is 1. The molecule has 1 amide bonds. The molecule has 1 aromatic carbocycles. The number of hydrogen-bond donors (Lipinski definition) is 1. The lowest BCUT2D eigenvalue weighted by Gasteiger charge is -2.03. The van der Waals surface area contributed by atoms with Crippen molar-refractivity contribution >= 4 is 56.9 Å². The molecule has 3 rings (SSSR count). The molecule has 0 spiro atoms. The van der Waals surface area contributed by atoms with E-state index in [1.807, 2.05) is 23.6 Å². The molecule has 0 aliphatic carbocycles. The first-order chi connectivity index (χ1) is 10.6. The Kier molecular flexibility index (Phi) is 4.78. The van der Waals surface area contributed by atoms with E-state index in [1.165, 1.54) is 22.7 Å². The fourth-order valence-electron chi connectivity index (χ4n) is 1.89. The van der Waals surface area contributed by atoms with Crippen molar-refractivity contribution in [3.8, 4) is 0 Å². The summed E-state index contributed by atoms with van der Waals surface area (Å²) in [5.41, 5.74) is 0.939. The lowest BCUT2D eigenvalue weighted by Crippen LogP contribution is -2.09. The highest BCUT2D eigenvalue weighted by atomic mass is 35.5. The van der Waals surface area contributed by atoms with Crippen LogP contribution in [0, 0.1) is 0 Å². The minimum absolute atomic E-state index is 0.142. The molecule has 0 unspecified atom stereocenters. The van der Waals surface area contributed by atoms with Gasteiger partial charge in [-0.15, -0.1) is 22.7 Å². The Hall–Kier alpha value is -1.40. The predicted octanol–water partition coefficient (Wildman–Crippen LogP) is 5.35. The molecule has 0 atom stereocenters. The van der Waals surface area contributed by atoms with Crippen molar-refractivity contribution in [2.24, 2.45) is 0 Å². The van der Waals surface area contributed by atoms with Crippen molar-refractivity contribution in [2.75, 3.05) is 5.32 Å². The van der Waals surface area contributed by atoms with E-state index in [0.717, 1.165) is 10.4 Å². The third-order valence-electron chi connectivity index (χ3n) is 2.92. The third-order valence-corrected chi connectivity index (χ3v) is 5.55. The number of amides is 1. The molecular formula is C15H10Cl2N2OS2. The highest BCUT2D eigenvalue weighted by Gasteiger charge is 2.11. The number of carbonyl (C=O) groups excluding carboxylic acids is 1. The molecule has 3 nitrogen and oxygen atoms in total. The Balaban J connectivity index is 1.71. The topological polar surface area (TPSA) is 42.0 Å². The first-order valence-corrected chi connectivity index (χ1v) is 8.81. The van der Waals surface area contributed by atoms with Gasteiger partial charge in [-0.25, -0.2) is 4.98 Å². The summed E-state index contributed by atoms with van der Waals surface area (Å²) in [4.78, 5) is 17.9. The second-order valence-electron chi connectivity index (χ2n) is 4.45. The van der Waals surface area contributed by atoms with E-state index >= 15 is 0 Å². The third kappa shape index (κ3) is 3.50. The van der Waals surface area contributed by atoms with Crippen molar-refractivity contribution in [3.05, 3.63) is 67.3 Å². The van der Waals surface area contributed by atoms with Gasteiger partial charge in [0.25, 0.3) is 5.91 Å². The normalized spacial score (nSPS) is 10.6. The SMILES string of the molecule is O=C(Nc1ncc(Cc2cccc(Cl)c2Cl)s1)c1cccs1. The van der Waals surface area contributed by atoms with E-state index in [2.05, 4.69) is 10.3 Å². The summed E-state index contributed by atoms with van der Waals surface area (Å²) >= 11 is 15.0. The van der Waals surface area contributed by atoms with Gasteiger partial charge in [-0.2, -0.15) is 0 Å². The first kappa shape index (κ1) is 15.5. The zero-order valence-corrected chi connectivity index (χ0v) is 14.3. The molecule has 0 fully saturated rings. The van der Waals surface area contributed by atoms with Gasteiger partial charge in [0.05, 0.1) is 14.9 Å². The Bertz CT molecular complexity index is 800. The van der Waals surface area contributed by atoms with Gasteiger partial charge in [0.2, 0.25) is 0 Å². The minimum Gasteiger partial charge on any atom is -0.297 e. The van der Waals surface area contributed by atoms with Gasteiger partial charge in [-0.05, 0) is 23.1 Å². The summed E-state index contributed by atoms with van der Waals surface area (Å²) in [5.74, 6) is -0.142. The van der Waals surface area contributed by atoms with Crippen LogP contribution in [-0.2, 0) is 6.42 Å². The highest BCUT2D eigenvalue weighted by Crippen LogP contribution is 2.29. The Morgan fingerprint density at radius 1 is 1.23 bits per heavy atom. The van der Waals surface area contributed by atoms with Crippen molar-refractivity contribution < 1.29 is 4.79 Å². The van der Waals surface area contributed by atoms with E-state index < -0.39 is 0 Å². The molecule has 0 aliphatic rings. The van der Waals surface area contributed by atoms with Crippen molar-refractivity contribution in [3.63, 3.8) is 0 Å². The van der Waals surface area contributed by atoms with Crippen LogP contribution in [0.4, 0.5) is 5.13 Å². The molecule has 22 heavy (non-hydrogen) atoms. The number of thiophene rings is 1. The maximum atomic E-state index is 12.0. The molecule has 0 radical (unpaired) electrons. The maximum Gasteiger partial charge on any atom is 0.267 e. The quantitative estimate of drug-likeness (QED) is 0.673. The number of rotatable bonds is 4. The summed E-state index contributed by atoms with van der Waals surface area (Å²) < 4.78 is 0. The molecule has 0 saturated heterocycles. The van der Waals surface area contributed by atoms with Gasteiger partial charge in [0.15, 0.2) is 5.13 Å². The van der Waals surface area contributed by atoms with E-state index in [1.54, 1.807) is 18.3 Å². The predicted molar refractivity (Wildman–Crippen MR) is 93.7 cm³/mol. The van der Waals surface area contributed by atoms with Gasteiger partial charge < -0.3 is 0 Å². The van der Waals surface area contributed by atoms with Gasteiger partial charge >= 0.3 is 0 Å². The number of halogens is 2. The Morgan fingerprint density at radius 3 is 2.86 bits per heavy atom. The van der Waals surface area contributed by atoms with Crippen LogP contribution >= 0.6 is 45.9 Å². The fraction of sp³-hybridized carbons (Fsp3) is 0.0667. The van der Waals surface area contributed by atoms with Gasteiger partial charge in [-0.3, -0.25) is 10.1 Å². The van der Waals surface area contributed by atoms with Crippen LogP contribution in [0.2, 0.25) is 10.0 Å². The summed E-state index contributed by atoms with van der Waals surface area (Å²) in [6, 6.07) is 9.17. The number of hydrogen-bond acceptors (Lipinski definition) is 4. The van der Waals surface area contributed by atoms with Crippen LogP contribution in [-0.4, -0.2) is 10.9 Å². The van der Waals surface area contributed by atoms with Crippen LogP contribution in [0.5, 0.6) is 0 Å². The van der Waals surface area contributed by atoms with Crippen LogP contribution in [0.15, 0.2) is 41.9 Å². The number of benzene rings is 1. The lowest BCUT2D eigenvalue weighted by molar-refractivity contribution is 0.103. The van der Waals surface area contributed by atoms with Crippen LogP contribution in [0.1, 0.15) is 20.1 Å². The smallest absolute Gasteiger partial charge is 0.267 e. The van der Waals surface area contributed by atoms with Crippen LogP contribution in [0.25, 0.3) is 0 Å². The molecule has 0 aliphatic heterocycles. The zero-order valence-electron chi connectivity index (χ0n) is 11.2. The number of nitrogens with one attached hydrogen (secondary N) is 1. The highest BCUT2D eigenvalue weighted by molar-refractivity contribution is 7.16. The molecule has 3 aromatic rings. The number of anilines is 1. The minimum atomic E-state index is -0.142. The lowest BCUT2D eigenvalue weighted by atomic mass is 10.1. The van der Waals surface area contributed by atoms with Gasteiger partial charge in [0, 0.05) is 17.5 Å². The average molecular weight is 369 g/mol. The Labute approximate surface area is 145 Å². The fourth-order valence-corrected chi connectivity index (χ4v) is 3.72. The summed E-state index contributed by atoms with van der Waals surface area (Å²) in [7, 11) is 0. The van der Waals surface area contributed by atoms with E-state index in [-0.39, 0.29) is 5.91 Å². The standard InChI is InChI=1S/C15H10Cl2N2OS2/c16-11-4-1-3-9(13(11)17)7-10-8-18-15(22-10)19-14(20)12-5-2-6-21-12/h1-6,8H,7H2,(H,18,19,20). The molecule has 1 N–H and O–H groups in total. The van der Waals surface area contributed by atoms with E-state index in [0.29, 0.717) is 26.5 Å². The molecule has 2 heterocycles. The second-order valence-corrected chi connectivity index (χ2v) is 7.30. The van der Waals surface area contributed by atoms with Crippen LogP contribution in [0.3, 0.4) is 0 Å². The van der Waals surface area contributed by atoms with Crippen molar-refractivity contribution in [2.45, 2.75) is 6.42 Å². The molecule has 7 heteroatoms. The number of thiazole rings is 1. The van der Waals surface area contributed by atoms with Gasteiger partial charge in [0.1, 0.15) is 0 Å². The van der Waals surface area contributed by atoms with E-state index in [9.17, 15) is 4.79 Å². The van der Waals surface area contributed by atoms with E-state index in [4.69, 9.17) is 23.2 Å². The second kappa shape index (κ2) is 6.79. The molecule has 0 bridgehead atoms. The summed E-state index contributed by atoms with van der Waals surface area (Å²) in [5, 5.41) is 6.33. The monoisotopic (exact) mass is 368 g/mol. The molecule has 0 saturated carbocycles. The van der Waals surface area contributed by atoms with Crippen molar-refractivity contribution in [1.29, 1.82) is 0 Å². The Morgan fingerprint density at radius 2 is 2.09 bits per heavy atom. The largest absolute Gasteiger partial charge is 0.297 e.